The predicted octanol–water partition coefficient (Wildman–Crippen LogP) is 16.1. The van der Waals surface area contributed by atoms with Crippen molar-refractivity contribution in [2.45, 2.75) is 188 Å². The predicted molar refractivity (Wildman–Crippen MR) is 220 cm³/mol. The molecule has 0 atom stereocenters. The summed E-state index contributed by atoms with van der Waals surface area (Å²) >= 11 is 0. The van der Waals surface area contributed by atoms with Gasteiger partial charge in [0, 0.05) is 0 Å². The summed E-state index contributed by atoms with van der Waals surface area (Å²) in [4.78, 5) is 8.57. The van der Waals surface area contributed by atoms with Crippen molar-refractivity contribution in [1.82, 2.24) is 0 Å². The third kappa shape index (κ3) is 69.6. The van der Waals surface area contributed by atoms with E-state index in [9.17, 15) is 0 Å². The molecule has 1 aliphatic carbocycles. The average molecular weight is 631 g/mol. The van der Waals surface area contributed by atoms with E-state index < -0.39 is 0 Å². The maximum Gasteiger partial charge on any atom is 0.116 e. The number of benzene rings is 1. The van der Waals surface area contributed by atoms with Crippen LogP contribution < -0.4 is 0 Å². The minimum atomic E-state index is 0.856. The van der Waals surface area contributed by atoms with Crippen molar-refractivity contribution in [2.75, 3.05) is 0 Å². The third-order valence-electron chi connectivity index (χ3n) is 5.13. The van der Waals surface area contributed by atoms with Crippen molar-refractivity contribution in [1.29, 1.82) is 0 Å². The zero-order chi connectivity index (χ0) is 38.1. The molecule has 0 spiro atoms. The molecule has 1 aromatic carbocycles. The largest absolute Gasteiger partial charge is 0.234 e. The Hall–Kier alpha value is -2.55. The molecule has 2 rings (SSSR count). The fourth-order valence-electron chi connectivity index (χ4n) is 3.36. The van der Waals surface area contributed by atoms with Crippen LogP contribution in [0.4, 0.5) is 0 Å². The first-order valence-electron chi connectivity index (χ1n) is 18.0. The molecule has 1 saturated carbocycles. The topological polar surface area (TPSA) is 17.1 Å². The van der Waals surface area contributed by atoms with Crippen molar-refractivity contribution < 1.29 is 4.79 Å². The highest BCUT2D eigenvalue weighted by Crippen LogP contribution is 2.32. The molecule has 0 saturated heterocycles. The smallest absolute Gasteiger partial charge is 0.116 e. The van der Waals surface area contributed by atoms with Gasteiger partial charge < -0.3 is 0 Å². The van der Waals surface area contributed by atoms with Crippen molar-refractivity contribution in [3.8, 4) is 12.8 Å². The molecule has 0 radical (unpaired) electrons. The minimum absolute atomic E-state index is 0.856. The first-order chi connectivity index (χ1) is 21.6. The Kier molecular flexibility index (Phi) is 106. The van der Waals surface area contributed by atoms with Crippen LogP contribution >= 0.6 is 0 Å². The van der Waals surface area contributed by atoms with Gasteiger partial charge in [0.25, 0.3) is 0 Å². The van der Waals surface area contributed by atoms with E-state index in [1.54, 1.807) is 11.6 Å². The molecule has 1 aliphatic rings. The zero-order valence-corrected chi connectivity index (χ0v) is 34.5. The fourth-order valence-corrected chi connectivity index (χ4v) is 3.36. The lowest BCUT2D eigenvalue weighted by atomic mass is 9.84. The highest BCUT2D eigenvalue weighted by molar-refractivity contribution is 5.38. The lowest BCUT2D eigenvalue weighted by Crippen LogP contribution is -2.04. The van der Waals surface area contributed by atoms with Gasteiger partial charge in [-0.2, -0.15) is 0 Å². The number of allylic oxidation sites excluding steroid dienone is 4. The van der Waals surface area contributed by atoms with Gasteiger partial charge in [0.05, 0.1) is 0 Å². The van der Waals surface area contributed by atoms with Gasteiger partial charge in [-0.3, -0.25) is 0 Å². The number of unbranched alkanes of at least 4 members (excludes halogenated alkanes) is 1. The van der Waals surface area contributed by atoms with Crippen LogP contribution in [0.25, 0.3) is 0 Å². The maximum absolute atomic E-state index is 8.57. The molecular weight excluding hydrogens is 544 g/mol. The summed E-state index contributed by atoms with van der Waals surface area (Å²) in [7, 11) is 0. The summed E-state index contributed by atoms with van der Waals surface area (Å²) in [6, 6.07) is 9.10. The fraction of sp³-hybridized carbons (Fsp3) is 0.636. The third-order valence-corrected chi connectivity index (χ3v) is 5.13. The molecule has 0 aliphatic heterocycles. The van der Waals surface area contributed by atoms with Gasteiger partial charge in [0.1, 0.15) is 5.94 Å². The summed E-state index contributed by atoms with van der Waals surface area (Å²) in [5.41, 5.74) is 6.95. The molecule has 1 aromatic rings. The van der Waals surface area contributed by atoms with Crippen LogP contribution in [0.2, 0.25) is 0 Å². The van der Waals surface area contributed by atoms with E-state index in [0.29, 0.717) is 0 Å². The molecular formula is C44H86O. The van der Waals surface area contributed by atoms with E-state index in [1.165, 1.54) is 79.6 Å². The second-order valence-electron chi connectivity index (χ2n) is 9.12. The van der Waals surface area contributed by atoms with E-state index in [2.05, 4.69) is 119 Å². The standard InChI is InChI=1S/C13H18.C9H16.C4H10.C3H8.C3H6.C2H2O.4C2H6.C2H2/c1-11-7-9-13(10-8-11)12-5-3-2-4-6-12;1-6-9(7(2)3)8(4)5;1-3-4-2;2*1-3-2;1-2-3;5*1-2/h7-10,12H,2-6H2,1H3;2,6H2,1,3-5H3;3-4H2,1-2H3;3H2,1-2H3;3H,1H2,2H3;1H2;4*1-2H3;1-2H. The van der Waals surface area contributed by atoms with E-state index in [0.717, 1.165) is 12.3 Å². The summed E-state index contributed by atoms with van der Waals surface area (Å²) in [6.45, 7) is 47.1. The van der Waals surface area contributed by atoms with E-state index in [1.807, 2.05) is 62.3 Å². The molecule has 0 N–H and O–H groups in total. The van der Waals surface area contributed by atoms with Crippen LogP contribution in [0.1, 0.15) is 193 Å². The van der Waals surface area contributed by atoms with E-state index in [-0.39, 0.29) is 0 Å². The second kappa shape index (κ2) is 73.1. The Bertz CT molecular complexity index is 682. The summed E-state index contributed by atoms with van der Waals surface area (Å²) in [5.74, 6) is 2.11. The van der Waals surface area contributed by atoms with Gasteiger partial charge in [0.15, 0.2) is 0 Å². The molecule has 45 heavy (non-hydrogen) atoms. The minimum Gasteiger partial charge on any atom is -0.234 e. The number of aryl methyl sites for hydroxylation is 1. The normalized spacial score (nSPS) is 9.33. The molecule has 0 bridgehead atoms. The monoisotopic (exact) mass is 631 g/mol. The Morgan fingerprint density at radius 1 is 0.800 bits per heavy atom. The number of carbonyl (C=O) groups excluding carboxylic acids is 1. The van der Waals surface area contributed by atoms with Gasteiger partial charge in [-0.1, -0.05) is 182 Å². The summed E-state index contributed by atoms with van der Waals surface area (Å²) in [5, 5.41) is 0. The van der Waals surface area contributed by atoms with Crippen LogP contribution in [-0.4, -0.2) is 5.94 Å². The first-order valence-corrected chi connectivity index (χ1v) is 18.0. The van der Waals surface area contributed by atoms with Crippen LogP contribution in [0.15, 0.2) is 66.8 Å². The molecule has 1 nitrogen and oxygen atoms in total. The molecule has 0 amide bonds. The molecule has 0 heterocycles. The van der Waals surface area contributed by atoms with E-state index >= 15 is 0 Å². The van der Waals surface area contributed by atoms with Crippen LogP contribution in [0, 0.1) is 19.8 Å². The lowest BCUT2D eigenvalue weighted by molar-refractivity contribution is 0.443. The summed E-state index contributed by atoms with van der Waals surface area (Å²) in [6.07, 6.45) is 21.9. The van der Waals surface area contributed by atoms with Gasteiger partial charge >= 0.3 is 0 Å². The van der Waals surface area contributed by atoms with Gasteiger partial charge in [-0.25, -0.2) is 4.79 Å². The van der Waals surface area contributed by atoms with Crippen molar-refractivity contribution >= 4 is 5.94 Å². The van der Waals surface area contributed by atoms with Crippen LogP contribution in [0.3, 0.4) is 0 Å². The quantitative estimate of drug-likeness (QED) is 0.140. The molecule has 0 aromatic heterocycles. The number of terminal acetylenes is 1. The lowest BCUT2D eigenvalue weighted by Gasteiger charge is -2.21. The van der Waals surface area contributed by atoms with Gasteiger partial charge in [-0.15, -0.1) is 19.4 Å². The highest BCUT2D eigenvalue weighted by atomic mass is 16.1. The SMILES string of the molecule is C#C.C=C(C)C(CC)=C(C)C.C=C=O.C=CC.CC.CC.CC.CC.CCC.CCCC.Cc1ccc(C2CCCCC2)cc1. The van der Waals surface area contributed by atoms with Crippen molar-refractivity contribution in [2.24, 2.45) is 0 Å². The number of hydrogen-bond donors (Lipinski definition) is 0. The number of hydrogen-bond acceptors (Lipinski definition) is 1. The van der Waals surface area contributed by atoms with Gasteiger partial charge in [0.2, 0.25) is 0 Å². The molecule has 1 heteroatoms. The first kappa shape index (κ1) is 65.2. The van der Waals surface area contributed by atoms with Crippen molar-refractivity contribution in [3.63, 3.8) is 0 Å². The van der Waals surface area contributed by atoms with Crippen LogP contribution in [0.5, 0.6) is 0 Å². The Morgan fingerprint density at radius 2 is 1.09 bits per heavy atom. The molecule has 268 valence electrons. The Labute approximate surface area is 289 Å². The average Bonchev–Trinajstić information content (AvgIpc) is 3.08. The van der Waals surface area contributed by atoms with Crippen LogP contribution in [-0.2, 0) is 4.79 Å². The van der Waals surface area contributed by atoms with Crippen molar-refractivity contribution in [3.05, 3.63) is 77.9 Å². The Morgan fingerprint density at radius 3 is 1.27 bits per heavy atom. The zero-order valence-electron chi connectivity index (χ0n) is 34.5. The second-order valence-corrected chi connectivity index (χ2v) is 9.12. The molecule has 0 unspecified atom stereocenters. The maximum atomic E-state index is 8.57. The number of rotatable bonds is 4. The Balaban J connectivity index is -0.0000000510. The van der Waals surface area contributed by atoms with E-state index in [4.69, 9.17) is 4.79 Å². The van der Waals surface area contributed by atoms with Gasteiger partial charge in [-0.05, 0) is 77.5 Å². The highest BCUT2D eigenvalue weighted by Gasteiger charge is 2.14. The molecule has 1 fully saturated rings. The summed E-state index contributed by atoms with van der Waals surface area (Å²) < 4.78 is 0.